The molecule has 350 valence electrons. The van der Waals surface area contributed by atoms with E-state index in [2.05, 4.69) is 26.0 Å². The second kappa shape index (κ2) is 46.3. The Morgan fingerprint density at radius 2 is 0.831 bits per heavy atom. The van der Waals surface area contributed by atoms with Crippen LogP contribution in [0.3, 0.4) is 0 Å². The summed E-state index contributed by atoms with van der Waals surface area (Å²) in [7, 11) is -4.38. The highest BCUT2D eigenvalue weighted by Crippen LogP contribution is 2.43. The Balaban J connectivity index is 4.01. The van der Waals surface area contributed by atoms with Crippen molar-refractivity contribution in [3.63, 3.8) is 0 Å². The summed E-state index contributed by atoms with van der Waals surface area (Å²) in [6, 6.07) is 0. The van der Waals surface area contributed by atoms with Crippen LogP contribution in [0.2, 0.25) is 0 Å². The van der Waals surface area contributed by atoms with Crippen molar-refractivity contribution >= 4 is 19.8 Å². The van der Waals surface area contributed by atoms with Crippen molar-refractivity contribution in [2.75, 3.05) is 26.4 Å². The number of unbranched alkanes of at least 4 members (excludes halogenated alkanes) is 33. The molecule has 0 heterocycles. The first-order chi connectivity index (χ1) is 28.8. The average molecular weight is 858 g/mol. The van der Waals surface area contributed by atoms with Gasteiger partial charge in [-0.1, -0.05) is 219 Å². The lowest BCUT2D eigenvalue weighted by atomic mass is 10.0. The monoisotopic (exact) mass is 858 g/mol. The maximum absolute atomic E-state index is 12.6. The summed E-state index contributed by atoms with van der Waals surface area (Å²) in [6.07, 6.45) is 49.6. The van der Waals surface area contributed by atoms with Crippen LogP contribution in [0.15, 0.2) is 12.2 Å². The number of phosphoric ester groups is 1. The number of nitrogens with two attached hydrogens (primary N) is 1. The highest BCUT2D eigenvalue weighted by Gasteiger charge is 2.26. The van der Waals surface area contributed by atoms with Gasteiger partial charge in [0.1, 0.15) is 6.61 Å². The number of allylic oxidation sites excluding steroid dienone is 2. The normalized spacial score (nSPS) is 13.2. The van der Waals surface area contributed by atoms with Crippen LogP contribution in [0.25, 0.3) is 0 Å². The zero-order valence-electron chi connectivity index (χ0n) is 38.8. The summed E-state index contributed by atoms with van der Waals surface area (Å²) >= 11 is 0. The van der Waals surface area contributed by atoms with Gasteiger partial charge in [-0.05, 0) is 38.5 Å². The minimum atomic E-state index is -4.38. The predicted molar refractivity (Wildman–Crippen MR) is 248 cm³/mol. The van der Waals surface area contributed by atoms with E-state index in [9.17, 15) is 19.0 Å². The molecule has 0 aliphatic rings. The number of rotatable bonds is 48. The molecule has 3 N–H and O–H groups in total. The molecule has 0 fully saturated rings. The Hall–Kier alpha value is -1.25. The third kappa shape index (κ3) is 46.1. The number of ether oxygens (including phenoxy) is 2. The minimum Gasteiger partial charge on any atom is -0.462 e. The van der Waals surface area contributed by atoms with Crippen LogP contribution in [-0.2, 0) is 32.7 Å². The summed E-state index contributed by atoms with van der Waals surface area (Å²) in [6.45, 7) is 3.78. The molecule has 0 spiro atoms. The largest absolute Gasteiger partial charge is 0.472 e. The van der Waals surface area contributed by atoms with Gasteiger partial charge in [0.05, 0.1) is 13.2 Å². The number of hydrogen-bond donors (Lipinski definition) is 2. The van der Waals surface area contributed by atoms with Crippen molar-refractivity contribution < 1.29 is 37.6 Å². The van der Waals surface area contributed by atoms with Crippen molar-refractivity contribution in [2.45, 2.75) is 264 Å². The lowest BCUT2D eigenvalue weighted by molar-refractivity contribution is -0.161. The Morgan fingerprint density at radius 3 is 1.20 bits per heavy atom. The predicted octanol–water partition coefficient (Wildman–Crippen LogP) is 15.0. The SMILES string of the molecule is CCCCCCCCC=CCCCCCCCCCC(=O)O[C@H](COC(=O)CCCCCCCCCCCCCCCCCCCCCCC)COP(=O)(O)OCCN. The third-order valence-corrected chi connectivity index (χ3v) is 12.1. The van der Waals surface area contributed by atoms with Gasteiger partial charge >= 0.3 is 19.8 Å². The number of carbonyl (C=O) groups is 2. The van der Waals surface area contributed by atoms with E-state index in [1.54, 1.807) is 0 Å². The molecule has 0 aromatic rings. The second-order valence-corrected chi connectivity index (χ2v) is 18.5. The van der Waals surface area contributed by atoms with Crippen LogP contribution < -0.4 is 5.73 Å². The molecule has 0 aromatic heterocycles. The fourth-order valence-electron chi connectivity index (χ4n) is 7.40. The molecule has 0 saturated heterocycles. The molecule has 0 aliphatic carbocycles. The molecule has 0 aromatic carbocycles. The fourth-order valence-corrected chi connectivity index (χ4v) is 8.16. The van der Waals surface area contributed by atoms with E-state index in [0.717, 1.165) is 44.9 Å². The number of hydrogen-bond acceptors (Lipinski definition) is 8. The fraction of sp³-hybridized carbons (Fsp3) is 0.918. The van der Waals surface area contributed by atoms with Crippen LogP contribution >= 0.6 is 7.82 Å². The van der Waals surface area contributed by atoms with Crippen molar-refractivity contribution in [1.82, 2.24) is 0 Å². The molecule has 0 amide bonds. The van der Waals surface area contributed by atoms with Crippen molar-refractivity contribution in [1.29, 1.82) is 0 Å². The molecule has 0 bridgehead atoms. The first-order valence-corrected chi connectivity index (χ1v) is 26.7. The summed E-state index contributed by atoms with van der Waals surface area (Å²) in [5.74, 6) is -0.818. The van der Waals surface area contributed by atoms with E-state index in [0.29, 0.717) is 6.42 Å². The van der Waals surface area contributed by atoms with Gasteiger partial charge in [-0.15, -0.1) is 0 Å². The van der Waals surface area contributed by atoms with E-state index < -0.39 is 26.5 Å². The Bertz CT molecular complexity index is 980. The van der Waals surface area contributed by atoms with E-state index in [1.165, 1.54) is 180 Å². The van der Waals surface area contributed by atoms with Gasteiger partial charge in [-0.2, -0.15) is 0 Å². The van der Waals surface area contributed by atoms with Gasteiger partial charge in [-0.3, -0.25) is 18.6 Å². The van der Waals surface area contributed by atoms with Crippen LogP contribution in [0, 0.1) is 0 Å². The zero-order valence-corrected chi connectivity index (χ0v) is 39.7. The molecule has 2 atom stereocenters. The Kier molecular flexibility index (Phi) is 45.3. The van der Waals surface area contributed by atoms with Crippen LogP contribution in [0.5, 0.6) is 0 Å². The topological polar surface area (TPSA) is 134 Å². The molecule has 9 nitrogen and oxygen atoms in total. The quantitative estimate of drug-likeness (QED) is 0.0265. The maximum atomic E-state index is 12.6. The van der Waals surface area contributed by atoms with Crippen LogP contribution in [0.4, 0.5) is 0 Å². The van der Waals surface area contributed by atoms with Gasteiger partial charge < -0.3 is 20.1 Å². The summed E-state index contributed by atoms with van der Waals surface area (Å²) in [5.41, 5.74) is 5.36. The minimum absolute atomic E-state index is 0.0557. The number of esters is 2. The van der Waals surface area contributed by atoms with E-state index in [4.69, 9.17) is 24.3 Å². The van der Waals surface area contributed by atoms with Crippen molar-refractivity contribution in [2.24, 2.45) is 5.73 Å². The Morgan fingerprint density at radius 1 is 0.492 bits per heavy atom. The molecular weight excluding hydrogens is 762 g/mol. The smallest absolute Gasteiger partial charge is 0.462 e. The lowest BCUT2D eigenvalue weighted by Gasteiger charge is -2.19. The number of carbonyl (C=O) groups excluding carboxylic acids is 2. The molecule has 10 heteroatoms. The third-order valence-electron chi connectivity index (χ3n) is 11.2. The van der Waals surface area contributed by atoms with Gasteiger partial charge in [0.25, 0.3) is 0 Å². The zero-order chi connectivity index (χ0) is 43.2. The highest BCUT2D eigenvalue weighted by atomic mass is 31.2. The van der Waals surface area contributed by atoms with Gasteiger partial charge in [-0.25, -0.2) is 4.57 Å². The summed E-state index contributed by atoms with van der Waals surface area (Å²) in [4.78, 5) is 35.0. The van der Waals surface area contributed by atoms with Gasteiger partial charge in [0.15, 0.2) is 6.10 Å². The molecule has 0 rings (SSSR count). The highest BCUT2D eigenvalue weighted by molar-refractivity contribution is 7.47. The molecule has 0 radical (unpaired) electrons. The molecule has 59 heavy (non-hydrogen) atoms. The Labute approximate surface area is 364 Å². The van der Waals surface area contributed by atoms with Crippen LogP contribution in [0.1, 0.15) is 258 Å². The van der Waals surface area contributed by atoms with Crippen molar-refractivity contribution in [3.8, 4) is 0 Å². The molecular formula is C49H96NO8P. The first kappa shape index (κ1) is 57.8. The first-order valence-electron chi connectivity index (χ1n) is 25.2. The average Bonchev–Trinajstić information content (AvgIpc) is 3.22. The molecule has 0 saturated carbocycles. The van der Waals surface area contributed by atoms with E-state index in [1.807, 2.05) is 0 Å². The molecule has 0 aliphatic heterocycles. The number of phosphoric acid groups is 1. The van der Waals surface area contributed by atoms with Crippen LogP contribution in [-0.4, -0.2) is 49.3 Å². The summed E-state index contributed by atoms with van der Waals surface area (Å²) < 4.78 is 32.9. The second-order valence-electron chi connectivity index (χ2n) is 17.0. The standard InChI is InChI=1S/C49H96NO8P/c1-3-5-7-9-11-13-15-17-19-21-22-23-24-26-27-29-31-33-35-37-39-41-48(51)55-45-47(46-57-59(53,54)56-44-43-50)58-49(52)42-40-38-36-34-32-30-28-25-20-18-16-14-12-10-8-6-4-2/h18,20,47H,3-17,19,21-46,50H2,1-2H3,(H,53,54)/t47-/m1/s1. The van der Waals surface area contributed by atoms with Gasteiger partial charge in [0, 0.05) is 19.4 Å². The summed E-state index contributed by atoms with van der Waals surface area (Å²) in [5, 5.41) is 0. The van der Waals surface area contributed by atoms with E-state index >= 15 is 0 Å². The lowest BCUT2D eigenvalue weighted by Crippen LogP contribution is -2.29. The van der Waals surface area contributed by atoms with Gasteiger partial charge in [0.2, 0.25) is 0 Å². The maximum Gasteiger partial charge on any atom is 0.472 e. The molecule has 1 unspecified atom stereocenters. The van der Waals surface area contributed by atoms with E-state index in [-0.39, 0.29) is 38.6 Å². The van der Waals surface area contributed by atoms with Crippen molar-refractivity contribution in [3.05, 3.63) is 12.2 Å².